The first-order valence-electron chi connectivity index (χ1n) is 2.56. The van der Waals surface area contributed by atoms with Gasteiger partial charge >= 0.3 is 0 Å². The molecule has 0 atom stereocenters. The molecule has 0 fully saturated rings. The second kappa shape index (κ2) is 7.50. The van der Waals surface area contributed by atoms with Crippen LogP contribution in [-0.2, 0) is 0 Å². The number of hydrogen-bond donors (Lipinski definition) is 0. The van der Waals surface area contributed by atoms with Gasteiger partial charge in [0.05, 0.1) is 0 Å². The van der Waals surface area contributed by atoms with Crippen LogP contribution in [0.2, 0.25) is 19.1 Å². The molecule has 0 aromatic rings. The van der Waals surface area contributed by atoms with E-state index in [0.29, 0.717) is 0 Å². The van der Waals surface area contributed by atoms with Gasteiger partial charge in [-0.3, -0.25) is 0 Å². The Kier molecular flexibility index (Phi) is 12.1. The molecule has 0 saturated heterocycles. The van der Waals surface area contributed by atoms with Crippen LogP contribution in [0.1, 0.15) is 13.3 Å². The van der Waals surface area contributed by atoms with Crippen LogP contribution >= 0.6 is 0 Å². The summed E-state index contributed by atoms with van der Waals surface area (Å²) in [5.74, 6) is 0. The van der Waals surface area contributed by atoms with Gasteiger partial charge in [-0.2, -0.15) is 0 Å². The van der Waals surface area contributed by atoms with E-state index >= 15 is 0 Å². The quantitative estimate of drug-likeness (QED) is 0.667. The molecule has 0 aromatic heterocycles. The maximum Gasteiger partial charge on any atom is 0.0412 e. The smallest absolute Gasteiger partial charge is 0.0412 e. The van der Waals surface area contributed by atoms with Crippen LogP contribution in [0.3, 0.4) is 0 Å². The average molecular weight is 260 g/mol. The Balaban J connectivity index is 0. The molecule has 0 rings (SSSR count). The molecule has 0 aliphatic rings. The van der Waals surface area contributed by atoms with Gasteiger partial charge in [0.15, 0.2) is 0 Å². The summed E-state index contributed by atoms with van der Waals surface area (Å²) in [6, 6.07) is 1.48. The Morgan fingerprint density at radius 3 is 1.71 bits per heavy atom. The molecule has 0 aliphatic heterocycles. The van der Waals surface area contributed by atoms with Crippen LogP contribution in [0.5, 0.6) is 0 Å². The normalized spacial score (nSPS) is 8.57. The van der Waals surface area contributed by atoms with Gasteiger partial charge in [0.25, 0.3) is 0 Å². The fourth-order valence-electron chi connectivity index (χ4n) is 0.500. The van der Waals surface area contributed by atoms with Crippen molar-refractivity contribution in [3.63, 3.8) is 0 Å². The van der Waals surface area contributed by atoms with Gasteiger partial charge in [0.2, 0.25) is 0 Å². The Labute approximate surface area is 79.1 Å². The molecule has 0 bridgehead atoms. The molecular formula is C5H13SiTb. The van der Waals surface area contributed by atoms with Crippen molar-refractivity contribution in [1.82, 2.24) is 0 Å². The summed E-state index contributed by atoms with van der Waals surface area (Å²) in [4.78, 5) is 0. The van der Waals surface area contributed by atoms with Gasteiger partial charge in [0, 0.05) is 47.4 Å². The van der Waals surface area contributed by atoms with Crippen molar-refractivity contribution in [2.24, 2.45) is 0 Å². The molecule has 0 heterocycles. The second-order valence-electron chi connectivity index (χ2n) is 1.96. The molecule has 46 valence electrons. The molecule has 0 aliphatic carbocycles. The summed E-state index contributed by atoms with van der Waals surface area (Å²) in [6.45, 7) is 6.96. The standard InChI is InChI=1S/C5H13Si.Tb/c1-4-5-6(2)3;/h4-5H2,1-3H3;. The first kappa shape index (κ1) is 11.3. The minimum Gasteiger partial charge on any atom is -0.0713 e. The van der Waals surface area contributed by atoms with Crippen molar-refractivity contribution < 1.29 is 38.6 Å². The molecule has 2 heteroatoms. The third-order valence-electron chi connectivity index (χ3n) is 0.750. The van der Waals surface area contributed by atoms with Crippen LogP contribution in [-0.4, -0.2) is 8.80 Å². The van der Waals surface area contributed by atoms with E-state index in [4.69, 9.17) is 0 Å². The van der Waals surface area contributed by atoms with E-state index in [1.807, 2.05) is 0 Å². The van der Waals surface area contributed by atoms with E-state index in [0.717, 1.165) is 0 Å². The average Bonchev–Trinajstić information content (AvgIpc) is 1.35. The summed E-state index contributed by atoms with van der Waals surface area (Å²) in [5, 5.41) is 0. The number of rotatable bonds is 2. The predicted octanol–water partition coefficient (Wildman–Crippen LogP) is 2.15. The molecule has 7 heavy (non-hydrogen) atoms. The van der Waals surface area contributed by atoms with Gasteiger partial charge in [-0.25, -0.2) is 0 Å². The largest absolute Gasteiger partial charge is 0.0713 e. The topological polar surface area (TPSA) is 0 Å². The molecule has 0 N–H and O–H groups in total. The van der Waals surface area contributed by atoms with Crippen LogP contribution < -0.4 is 0 Å². The van der Waals surface area contributed by atoms with Crippen LogP contribution in [0.4, 0.5) is 0 Å². The molecule has 0 amide bonds. The first-order chi connectivity index (χ1) is 2.77. The van der Waals surface area contributed by atoms with E-state index in [1.54, 1.807) is 0 Å². The zero-order valence-electron chi connectivity index (χ0n) is 5.25. The Morgan fingerprint density at radius 1 is 1.29 bits per heavy atom. The molecule has 0 spiro atoms. The van der Waals surface area contributed by atoms with Crippen LogP contribution in [0, 0.1) is 38.6 Å². The molecule has 0 nitrogen and oxygen atoms in total. The SMILES string of the molecule is CCC[Si](C)C.[Tb]. The van der Waals surface area contributed by atoms with E-state index < -0.39 is 0 Å². The van der Waals surface area contributed by atoms with Gasteiger partial charge in [0.1, 0.15) is 0 Å². The van der Waals surface area contributed by atoms with Gasteiger partial charge in [-0.1, -0.05) is 32.5 Å². The summed E-state index contributed by atoms with van der Waals surface area (Å²) in [5.41, 5.74) is 0. The third kappa shape index (κ3) is 11.2. The van der Waals surface area contributed by atoms with E-state index in [9.17, 15) is 0 Å². The van der Waals surface area contributed by atoms with Crippen molar-refractivity contribution >= 4 is 8.80 Å². The van der Waals surface area contributed by atoms with E-state index in [-0.39, 0.29) is 47.4 Å². The minimum absolute atomic E-state index is 0. The third-order valence-corrected chi connectivity index (χ3v) is 2.25. The van der Waals surface area contributed by atoms with Crippen molar-refractivity contribution in [3.05, 3.63) is 0 Å². The van der Waals surface area contributed by atoms with Crippen molar-refractivity contribution in [2.45, 2.75) is 32.5 Å². The zero-order chi connectivity index (χ0) is 4.99. The fraction of sp³-hybridized carbons (Fsp3) is 1.00. The Hall–Kier alpha value is 1.50. The van der Waals surface area contributed by atoms with Crippen LogP contribution in [0.25, 0.3) is 0 Å². The summed E-state index contributed by atoms with van der Waals surface area (Å²) < 4.78 is 0. The first-order valence-corrected chi connectivity index (χ1v) is 5.27. The predicted molar refractivity (Wildman–Crippen MR) is 32.6 cm³/mol. The molecular weight excluding hydrogens is 247 g/mol. The van der Waals surface area contributed by atoms with Gasteiger partial charge in [-0.05, 0) is 0 Å². The molecule has 0 saturated carbocycles. The summed E-state index contributed by atoms with van der Waals surface area (Å²) >= 11 is 0. The monoisotopic (exact) mass is 260 g/mol. The van der Waals surface area contributed by atoms with Crippen LogP contribution in [0.15, 0.2) is 0 Å². The molecule has 0 unspecified atom stereocenters. The summed E-state index contributed by atoms with van der Waals surface area (Å²) in [7, 11) is 0.114. The van der Waals surface area contributed by atoms with Gasteiger partial charge < -0.3 is 0 Å². The number of hydrogen-bond acceptors (Lipinski definition) is 0. The summed E-state index contributed by atoms with van der Waals surface area (Å²) in [6.07, 6.45) is 1.38. The van der Waals surface area contributed by atoms with E-state index in [2.05, 4.69) is 20.0 Å². The maximum absolute atomic E-state index is 2.36. The molecule has 0 aromatic carbocycles. The molecule has 2 radical (unpaired) electrons. The Bertz CT molecular complexity index is 29.3. The van der Waals surface area contributed by atoms with Crippen molar-refractivity contribution in [1.29, 1.82) is 0 Å². The zero-order valence-corrected chi connectivity index (χ0v) is 8.39. The second-order valence-corrected chi connectivity index (χ2v) is 4.87. The van der Waals surface area contributed by atoms with Crippen molar-refractivity contribution in [3.8, 4) is 0 Å². The van der Waals surface area contributed by atoms with Gasteiger partial charge in [-0.15, -0.1) is 0 Å². The minimum atomic E-state index is 0. The maximum atomic E-state index is 2.36. The van der Waals surface area contributed by atoms with E-state index in [1.165, 1.54) is 12.5 Å². The van der Waals surface area contributed by atoms with Crippen molar-refractivity contribution in [2.75, 3.05) is 0 Å². The Morgan fingerprint density at radius 2 is 1.71 bits per heavy atom. The fourth-order valence-corrected chi connectivity index (χ4v) is 1.50.